The Labute approximate surface area is 102 Å². The van der Waals surface area contributed by atoms with Crippen molar-refractivity contribution in [3.8, 4) is 0 Å². The minimum atomic E-state index is -4.24. The fourth-order valence-electron chi connectivity index (χ4n) is 1.89. The van der Waals surface area contributed by atoms with Crippen LogP contribution in [0.2, 0.25) is 0 Å². The molecule has 0 radical (unpaired) electrons. The van der Waals surface area contributed by atoms with E-state index in [0.717, 1.165) is 10.8 Å². The molecule has 2 rings (SSSR count). The molecule has 1 N–H and O–H groups in total. The molecule has 0 amide bonds. The Bertz CT molecular complexity index is 534. The van der Waals surface area contributed by atoms with Gasteiger partial charge in [0.15, 0.2) is 0 Å². The van der Waals surface area contributed by atoms with Crippen LogP contribution in [0, 0.1) is 0 Å². The molecular weight excluding hydrogens is 243 g/mol. The molecule has 0 spiro atoms. The zero-order valence-corrected chi connectivity index (χ0v) is 9.48. The number of benzene rings is 1. The van der Waals surface area contributed by atoms with Crippen molar-refractivity contribution in [2.75, 3.05) is 0 Å². The molecule has 1 aromatic heterocycles. The number of aliphatic hydroxyl groups is 1. The Morgan fingerprint density at radius 3 is 2.72 bits per heavy atom. The first-order chi connectivity index (χ1) is 8.47. The van der Waals surface area contributed by atoms with E-state index in [1.165, 1.54) is 0 Å². The summed E-state index contributed by atoms with van der Waals surface area (Å²) >= 11 is 0. The van der Waals surface area contributed by atoms with Gasteiger partial charge in [-0.3, -0.25) is 4.98 Å². The Kier molecular flexibility index (Phi) is 3.52. The molecule has 0 aliphatic heterocycles. The van der Waals surface area contributed by atoms with Crippen LogP contribution in [-0.2, 0) is 0 Å². The second-order valence-corrected chi connectivity index (χ2v) is 4.11. The topological polar surface area (TPSA) is 33.1 Å². The molecule has 1 aromatic carbocycles. The van der Waals surface area contributed by atoms with E-state index >= 15 is 0 Å². The monoisotopic (exact) mass is 255 g/mol. The van der Waals surface area contributed by atoms with E-state index in [4.69, 9.17) is 0 Å². The zero-order valence-electron chi connectivity index (χ0n) is 9.48. The number of hydrogen-bond donors (Lipinski definition) is 1. The van der Waals surface area contributed by atoms with Crippen molar-refractivity contribution in [3.63, 3.8) is 0 Å². The predicted molar refractivity (Wildman–Crippen MR) is 62.0 cm³/mol. The first-order valence-corrected chi connectivity index (χ1v) is 5.55. The van der Waals surface area contributed by atoms with Crippen molar-refractivity contribution in [2.45, 2.75) is 25.1 Å². The number of pyridine rings is 1. The van der Waals surface area contributed by atoms with Crippen LogP contribution in [0.5, 0.6) is 0 Å². The Balaban J connectivity index is 2.25. The van der Waals surface area contributed by atoms with Crippen LogP contribution < -0.4 is 0 Å². The van der Waals surface area contributed by atoms with Crippen LogP contribution in [0.25, 0.3) is 10.8 Å². The standard InChI is InChI=1S/C13H12F3NO/c14-13(15,16)6-4-12(18)11-3-1-2-9-8-17-7-5-10(9)11/h1-3,5,7-8,12,18H,4,6H2. The average molecular weight is 255 g/mol. The minimum absolute atomic E-state index is 0.328. The van der Waals surface area contributed by atoms with Crippen LogP contribution in [-0.4, -0.2) is 16.3 Å². The maximum Gasteiger partial charge on any atom is 0.389 e. The number of nitrogens with zero attached hydrogens (tertiary/aromatic N) is 1. The summed E-state index contributed by atoms with van der Waals surface area (Å²) in [6.07, 6.45) is -3.50. The molecule has 1 atom stereocenters. The number of hydrogen-bond acceptors (Lipinski definition) is 2. The lowest BCUT2D eigenvalue weighted by molar-refractivity contribution is -0.140. The molecule has 0 saturated carbocycles. The van der Waals surface area contributed by atoms with Gasteiger partial charge in [-0.05, 0) is 23.4 Å². The summed E-state index contributed by atoms with van der Waals surface area (Å²) in [5, 5.41) is 11.4. The van der Waals surface area contributed by atoms with Gasteiger partial charge in [0.25, 0.3) is 0 Å². The molecule has 5 heteroatoms. The summed E-state index contributed by atoms with van der Waals surface area (Å²) in [4.78, 5) is 3.94. The van der Waals surface area contributed by atoms with Crippen molar-refractivity contribution < 1.29 is 18.3 Å². The third-order valence-electron chi connectivity index (χ3n) is 2.77. The van der Waals surface area contributed by atoms with Crippen molar-refractivity contribution in [3.05, 3.63) is 42.2 Å². The van der Waals surface area contributed by atoms with E-state index in [2.05, 4.69) is 4.98 Å². The van der Waals surface area contributed by atoms with Crippen LogP contribution in [0.3, 0.4) is 0 Å². The highest BCUT2D eigenvalue weighted by Crippen LogP contribution is 2.30. The van der Waals surface area contributed by atoms with E-state index in [9.17, 15) is 18.3 Å². The van der Waals surface area contributed by atoms with Gasteiger partial charge in [-0.15, -0.1) is 0 Å². The fraction of sp³-hybridized carbons (Fsp3) is 0.308. The van der Waals surface area contributed by atoms with Gasteiger partial charge in [-0.2, -0.15) is 13.2 Å². The van der Waals surface area contributed by atoms with E-state index in [0.29, 0.717) is 5.56 Å². The normalized spacial score (nSPS) is 13.8. The van der Waals surface area contributed by atoms with Gasteiger partial charge in [0.1, 0.15) is 0 Å². The van der Waals surface area contributed by atoms with Gasteiger partial charge >= 0.3 is 6.18 Å². The lowest BCUT2D eigenvalue weighted by Gasteiger charge is -2.14. The molecule has 0 bridgehead atoms. The second-order valence-electron chi connectivity index (χ2n) is 4.11. The van der Waals surface area contributed by atoms with E-state index in [1.54, 1.807) is 30.6 Å². The summed E-state index contributed by atoms with van der Waals surface area (Å²) in [5.41, 5.74) is 0.513. The highest BCUT2D eigenvalue weighted by molar-refractivity contribution is 5.85. The molecule has 0 saturated heterocycles. The van der Waals surface area contributed by atoms with Gasteiger partial charge < -0.3 is 5.11 Å². The molecule has 0 aliphatic rings. The number of halogens is 3. The first kappa shape index (κ1) is 12.8. The second kappa shape index (κ2) is 4.94. The van der Waals surface area contributed by atoms with Crippen LogP contribution in [0.4, 0.5) is 13.2 Å². The molecule has 96 valence electrons. The molecule has 0 fully saturated rings. The highest BCUT2D eigenvalue weighted by atomic mass is 19.4. The Hall–Kier alpha value is -1.62. The van der Waals surface area contributed by atoms with Crippen LogP contribution in [0.1, 0.15) is 24.5 Å². The number of alkyl halides is 3. The van der Waals surface area contributed by atoms with Crippen molar-refractivity contribution >= 4 is 10.8 Å². The summed E-state index contributed by atoms with van der Waals surface area (Å²) in [5.74, 6) is 0. The average Bonchev–Trinajstić information content (AvgIpc) is 2.34. The lowest BCUT2D eigenvalue weighted by atomic mass is 9.99. The highest BCUT2D eigenvalue weighted by Gasteiger charge is 2.28. The van der Waals surface area contributed by atoms with E-state index < -0.39 is 18.7 Å². The zero-order chi connectivity index (χ0) is 13.2. The van der Waals surface area contributed by atoms with Crippen molar-refractivity contribution in [1.29, 1.82) is 0 Å². The molecule has 0 aliphatic carbocycles. The number of aliphatic hydroxyl groups excluding tert-OH is 1. The number of rotatable bonds is 3. The molecule has 2 aromatic rings. The smallest absolute Gasteiger partial charge is 0.388 e. The maximum atomic E-state index is 12.1. The summed E-state index contributed by atoms with van der Waals surface area (Å²) in [6.45, 7) is 0. The Morgan fingerprint density at radius 2 is 2.00 bits per heavy atom. The van der Waals surface area contributed by atoms with E-state index in [-0.39, 0.29) is 6.42 Å². The fourth-order valence-corrected chi connectivity index (χ4v) is 1.89. The third kappa shape index (κ3) is 2.98. The minimum Gasteiger partial charge on any atom is -0.388 e. The van der Waals surface area contributed by atoms with Gasteiger partial charge in [0.2, 0.25) is 0 Å². The summed E-state index contributed by atoms with van der Waals surface area (Å²) in [6, 6.07) is 6.85. The van der Waals surface area contributed by atoms with E-state index in [1.807, 2.05) is 6.07 Å². The predicted octanol–water partition coefficient (Wildman–Crippen LogP) is 3.61. The SMILES string of the molecule is OC(CCC(F)(F)F)c1cccc2cnccc12. The Morgan fingerprint density at radius 1 is 1.22 bits per heavy atom. The lowest BCUT2D eigenvalue weighted by Crippen LogP contribution is -2.10. The first-order valence-electron chi connectivity index (χ1n) is 5.55. The molecule has 1 unspecified atom stereocenters. The quantitative estimate of drug-likeness (QED) is 0.908. The molecule has 1 heterocycles. The van der Waals surface area contributed by atoms with Gasteiger partial charge in [-0.25, -0.2) is 0 Å². The third-order valence-corrected chi connectivity index (χ3v) is 2.77. The van der Waals surface area contributed by atoms with Crippen molar-refractivity contribution in [2.24, 2.45) is 0 Å². The van der Waals surface area contributed by atoms with Crippen LogP contribution in [0.15, 0.2) is 36.7 Å². The van der Waals surface area contributed by atoms with Crippen molar-refractivity contribution in [1.82, 2.24) is 4.98 Å². The number of fused-ring (bicyclic) bond motifs is 1. The summed E-state index contributed by atoms with van der Waals surface area (Å²) < 4.78 is 36.4. The molecule has 18 heavy (non-hydrogen) atoms. The molecule has 2 nitrogen and oxygen atoms in total. The van der Waals surface area contributed by atoms with Gasteiger partial charge in [0.05, 0.1) is 6.10 Å². The maximum absolute atomic E-state index is 12.1. The van der Waals surface area contributed by atoms with Gasteiger partial charge in [0, 0.05) is 24.2 Å². The molecular formula is C13H12F3NO. The summed E-state index contributed by atoms with van der Waals surface area (Å²) in [7, 11) is 0. The van der Waals surface area contributed by atoms with Crippen LogP contribution >= 0.6 is 0 Å². The largest absolute Gasteiger partial charge is 0.389 e. The van der Waals surface area contributed by atoms with Gasteiger partial charge in [-0.1, -0.05) is 18.2 Å². The number of aromatic nitrogens is 1.